The highest BCUT2D eigenvalue weighted by molar-refractivity contribution is 5.85. The van der Waals surface area contributed by atoms with Gasteiger partial charge in [0, 0.05) is 36.1 Å². The van der Waals surface area contributed by atoms with Crippen LogP contribution < -0.4 is 21.3 Å². The fraction of sp³-hybridized carbons (Fsp3) is 0.500. The van der Waals surface area contributed by atoms with Crippen molar-refractivity contribution in [3.05, 3.63) is 35.0 Å². The Morgan fingerprint density at radius 3 is 2.61 bits per heavy atom. The maximum Gasteiger partial charge on any atom is 0.418 e. The number of nitrogens with one attached hydrogen (secondary N) is 2. The molecule has 6 nitrogen and oxygen atoms in total. The highest BCUT2D eigenvalue weighted by Crippen LogP contribution is 2.36. The van der Waals surface area contributed by atoms with Gasteiger partial charge in [0.2, 0.25) is 5.95 Å². The van der Waals surface area contributed by atoms with Gasteiger partial charge >= 0.3 is 6.18 Å². The van der Waals surface area contributed by atoms with Crippen molar-refractivity contribution >= 4 is 48.0 Å². The van der Waals surface area contributed by atoms with Gasteiger partial charge in [0.05, 0.1) is 11.3 Å². The fourth-order valence-electron chi connectivity index (χ4n) is 4.14. The summed E-state index contributed by atoms with van der Waals surface area (Å²) in [5.74, 6) is 1.23. The number of hydrogen-bond donors (Lipinski definition) is 3. The largest absolute Gasteiger partial charge is 0.418 e. The number of nitrogens with two attached hydrogens (primary N) is 1. The Hall–Kier alpha value is -1.97. The van der Waals surface area contributed by atoms with Crippen molar-refractivity contribution < 1.29 is 13.2 Å². The maximum atomic E-state index is 13.2. The monoisotopic (exact) mass is 478 g/mol. The molecule has 172 valence electrons. The lowest BCUT2D eigenvalue weighted by Gasteiger charge is -2.34. The second kappa shape index (κ2) is 10.1. The average Bonchev–Trinajstić information content (AvgIpc) is 3.16. The van der Waals surface area contributed by atoms with Gasteiger partial charge in [0.25, 0.3) is 0 Å². The first kappa shape index (κ1) is 25.3. The van der Waals surface area contributed by atoms with Crippen molar-refractivity contribution in [2.24, 2.45) is 0 Å². The Morgan fingerprint density at radius 2 is 1.90 bits per heavy atom. The summed E-state index contributed by atoms with van der Waals surface area (Å²) < 4.78 is 39.5. The molecule has 1 fully saturated rings. The second-order valence-electron chi connectivity index (χ2n) is 7.65. The number of alkyl halides is 3. The molecule has 4 rings (SSSR count). The van der Waals surface area contributed by atoms with Crippen molar-refractivity contribution in [3.63, 3.8) is 0 Å². The topological polar surface area (TPSA) is 79.1 Å². The van der Waals surface area contributed by atoms with Crippen molar-refractivity contribution in [3.8, 4) is 0 Å². The molecule has 1 saturated heterocycles. The van der Waals surface area contributed by atoms with Crippen LogP contribution in [0.25, 0.3) is 0 Å². The maximum absolute atomic E-state index is 13.2. The number of rotatable bonds is 4. The third kappa shape index (κ3) is 5.45. The standard InChI is InChI=1S/C20H25F3N6.2ClH/c1-25-13-4-3-9-29(11-13)18-14-5-2-6-17(14)27-19(28-18)26-12-7-8-16(24)15(10-12)20(21,22)23;;/h7-8,10,13,25H,2-6,9,11,24H2,1H3,(H,26,27,28);2*1H/t13-;;/m1../s1. The van der Waals surface area contributed by atoms with Crippen molar-refractivity contribution in [2.75, 3.05) is 36.1 Å². The lowest BCUT2D eigenvalue weighted by atomic mass is 10.1. The van der Waals surface area contributed by atoms with Gasteiger partial charge < -0.3 is 21.3 Å². The van der Waals surface area contributed by atoms with E-state index in [1.807, 2.05) is 7.05 Å². The normalized spacial score (nSPS) is 18.1. The summed E-state index contributed by atoms with van der Waals surface area (Å²) in [6, 6.07) is 4.17. The van der Waals surface area contributed by atoms with Crippen LogP contribution in [0, 0.1) is 0 Å². The highest BCUT2D eigenvalue weighted by atomic mass is 35.5. The molecular weight excluding hydrogens is 452 g/mol. The van der Waals surface area contributed by atoms with E-state index in [-0.39, 0.29) is 36.2 Å². The molecule has 0 bridgehead atoms. The number of fused-ring (bicyclic) bond motifs is 1. The summed E-state index contributed by atoms with van der Waals surface area (Å²) in [5, 5.41) is 6.29. The zero-order chi connectivity index (χ0) is 20.6. The third-order valence-corrected chi connectivity index (χ3v) is 5.66. The molecule has 1 aliphatic heterocycles. The van der Waals surface area contributed by atoms with Gasteiger partial charge in [-0.2, -0.15) is 18.2 Å². The van der Waals surface area contributed by atoms with E-state index in [0.717, 1.165) is 62.8 Å². The van der Waals surface area contributed by atoms with E-state index in [9.17, 15) is 13.2 Å². The minimum Gasteiger partial charge on any atom is -0.398 e. The molecule has 1 aromatic carbocycles. The molecule has 2 heterocycles. The highest BCUT2D eigenvalue weighted by Gasteiger charge is 2.33. The summed E-state index contributed by atoms with van der Waals surface area (Å²) in [6.07, 6.45) is 0.493. The number of likely N-dealkylation sites (N-methyl/N-ethyl adjacent to an activating group) is 1. The van der Waals surface area contributed by atoms with Gasteiger partial charge in [-0.1, -0.05) is 0 Å². The number of piperidine rings is 1. The number of halogens is 5. The quantitative estimate of drug-likeness (QED) is 0.567. The number of anilines is 4. The summed E-state index contributed by atoms with van der Waals surface area (Å²) in [6.45, 7) is 1.78. The predicted octanol–water partition coefficient (Wildman–Crippen LogP) is 4.34. The van der Waals surface area contributed by atoms with Crippen LogP contribution in [0.5, 0.6) is 0 Å². The smallest absolute Gasteiger partial charge is 0.398 e. The molecule has 1 aromatic heterocycles. The first-order chi connectivity index (χ1) is 13.8. The number of aryl methyl sites for hydroxylation is 1. The second-order valence-corrected chi connectivity index (χ2v) is 7.65. The molecular formula is C20H27Cl2F3N6. The summed E-state index contributed by atoms with van der Waals surface area (Å²) >= 11 is 0. The zero-order valence-corrected chi connectivity index (χ0v) is 18.8. The van der Waals surface area contributed by atoms with Crippen molar-refractivity contribution in [1.29, 1.82) is 0 Å². The number of aromatic nitrogens is 2. The number of nitrogens with zero attached hydrogens (tertiary/aromatic N) is 3. The van der Waals surface area contributed by atoms with Crippen LogP contribution in [0.4, 0.5) is 36.3 Å². The minimum absolute atomic E-state index is 0. The zero-order valence-electron chi connectivity index (χ0n) is 17.1. The molecule has 2 aromatic rings. The summed E-state index contributed by atoms with van der Waals surface area (Å²) in [4.78, 5) is 11.6. The summed E-state index contributed by atoms with van der Waals surface area (Å²) in [7, 11) is 1.96. The van der Waals surface area contributed by atoms with Gasteiger partial charge in [-0.25, -0.2) is 4.98 Å². The molecule has 0 saturated carbocycles. The number of nitrogen functional groups attached to an aromatic ring is 1. The first-order valence-corrected chi connectivity index (χ1v) is 9.91. The van der Waals surface area contributed by atoms with E-state index < -0.39 is 11.7 Å². The van der Waals surface area contributed by atoms with Gasteiger partial charge in [-0.05, 0) is 57.4 Å². The fourth-order valence-corrected chi connectivity index (χ4v) is 4.14. The van der Waals surface area contributed by atoms with Crippen molar-refractivity contribution in [2.45, 2.75) is 44.3 Å². The number of hydrogen-bond acceptors (Lipinski definition) is 6. The van der Waals surface area contributed by atoms with E-state index in [2.05, 4.69) is 20.5 Å². The Labute approximate surface area is 192 Å². The Morgan fingerprint density at radius 1 is 1.13 bits per heavy atom. The average molecular weight is 479 g/mol. The minimum atomic E-state index is -4.51. The van der Waals surface area contributed by atoms with Crippen LogP contribution in [0.1, 0.15) is 36.1 Å². The van der Waals surface area contributed by atoms with Crippen LogP contribution in [-0.4, -0.2) is 36.1 Å². The summed E-state index contributed by atoms with van der Waals surface area (Å²) in [5.41, 5.74) is 6.75. The number of benzene rings is 1. The first-order valence-electron chi connectivity index (χ1n) is 9.91. The molecule has 1 atom stereocenters. The SMILES string of the molecule is CN[C@@H]1CCCN(c2nc(Nc3ccc(N)c(C(F)(F)F)c3)nc3c2CCC3)C1.Cl.Cl. The Bertz CT molecular complexity index is 909. The molecule has 11 heteroatoms. The van der Waals surface area contributed by atoms with E-state index in [1.165, 1.54) is 17.7 Å². The van der Waals surface area contributed by atoms with Crippen LogP contribution in [0.15, 0.2) is 18.2 Å². The lowest BCUT2D eigenvalue weighted by molar-refractivity contribution is -0.136. The van der Waals surface area contributed by atoms with Gasteiger partial charge in [0.15, 0.2) is 0 Å². The molecule has 1 aliphatic carbocycles. The molecule has 0 radical (unpaired) electrons. The molecule has 2 aliphatic rings. The molecule has 4 N–H and O–H groups in total. The molecule has 31 heavy (non-hydrogen) atoms. The molecule has 0 spiro atoms. The van der Waals surface area contributed by atoms with Gasteiger partial charge in [-0.15, -0.1) is 24.8 Å². The van der Waals surface area contributed by atoms with E-state index in [4.69, 9.17) is 10.7 Å². The van der Waals surface area contributed by atoms with Gasteiger partial charge in [0.1, 0.15) is 5.82 Å². The Balaban J connectivity index is 0.00000171. The van der Waals surface area contributed by atoms with Gasteiger partial charge in [-0.3, -0.25) is 0 Å². The lowest BCUT2D eigenvalue weighted by Crippen LogP contribution is -2.45. The van der Waals surface area contributed by atoms with Crippen LogP contribution in [0.3, 0.4) is 0 Å². The van der Waals surface area contributed by atoms with Crippen LogP contribution in [-0.2, 0) is 19.0 Å². The Kier molecular flexibility index (Phi) is 8.24. The predicted molar refractivity (Wildman–Crippen MR) is 122 cm³/mol. The van der Waals surface area contributed by atoms with Crippen LogP contribution >= 0.6 is 24.8 Å². The van der Waals surface area contributed by atoms with E-state index in [0.29, 0.717) is 12.0 Å². The molecule has 0 unspecified atom stereocenters. The van der Waals surface area contributed by atoms with E-state index >= 15 is 0 Å². The molecule has 0 amide bonds. The van der Waals surface area contributed by atoms with Crippen molar-refractivity contribution in [1.82, 2.24) is 15.3 Å². The van der Waals surface area contributed by atoms with Crippen LogP contribution in [0.2, 0.25) is 0 Å². The van der Waals surface area contributed by atoms with E-state index in [1.54, 1.807) is 0 Å². The third-order valence-electron chi connectivity index (χ3n) is 5.66.